The minimum atomic E-state index is -0.813. The molecule has 0 saturated heterocycles. The van der Waals surface area contributed by atoms with Crippen molar-refractivity contribution in [2.24, 2.45) is 0 Å². The highest BCUT2D eigenvalue weighted by atomic mass is 35.5. The first-order valence-electron chi connectivity index (χ1n) is 10.6. The number of rotatable bonds is 11. The first-order chi connectivity index (χ1) is 15.8. The zero-order valence-corrected chi connectivity index (χ0v) is 19.3. The summed E-state index contributed by atoms with van der Waals surface area (Å²) >= 11 is 6.09. The lowest BCUT2D eigenvalue weighted by Crippen LogP contribution is -2.16. The molecule has 7 heteroatoms. The molecular weight excluding hydrogens is 447 g/mol. The van der Waals surface area contributed by atoms with E-state index in [1.165, 1.54) is 12.1 Å². The standard InChI is InChI=1S/C26H26ClFO5/c1-17-15-21(10-7-19(17)8-12-26(29)30)31-14-13-18(2)32-24-11-9-20(27)16-25(24)33-23-6-4-3-5-22(23)28/h3-7,9-11,15-16,18H,8,12-14H2,1-2H3,(H,29,30)/t18-/m1/s1. The van der Waals surface area contributed by atoms with Crippen molar-refractivity contribution < 1.29 is 28.5 Å². The normalized spacial score (nSPS) is 11.6. The van der Waals surface area contributed by atoms with E-state index in [0.717, 1.165) is 11.1 Å². The van der Waals surface area contributed by atoms with Gasteiger partial charge in [0.05, 0.1) is 12.7 Å². The van der Waals surface area contributed by atoms with Crippen molar-refractivity contribution in [3.05, 3.63) is 82.6 Å². The number of hydrogen-bond acceptors (Lipinski definition) is 4. The molecule has 1 N–H and O–H groups in total. The van der Waals surface area contributed by atoms with E-state index in [-0.39, 0.29) is 18.3 Å². The van der Waals surface area contributed by atoms with Gasteiger partial charge in [-0.05, 0) is 67.8 Å². The molecule has 1 atom stereocenters. The predicted molar refractivity (Wildman–Crippen MR) is 125 cm³/mol. The molecule has 3 aromatic carbocycles. The van der Waals surface area contributed by atoms with E-state index in [1.807, 2.05) is 32.0 Å². The van der Waals surface area contributed by atoms with Gasteiger partial charge in [0.15, 0.2) is 23.1 Å². The van der Waals surface area contributed by atoms with Gasteiger partial charge in [-0.15, -0.1) is 0 Å². The van der Waals surface area contributed by atoms with Gasteiger partial charge in [-0.2, -0.15) is 0 Å². The van der Waals surface area contributed by atoms with Crippen molar-refractivity contribution in [1.82, 2.24) is 0 Å². The van der Waals surface area contributed by atoms with Crippen LogP contribution in [0.4, 0.5) is 4.39 Å². The molecule has 0 aromatic heterocycles. The Kier molecular flexibility index (Phi) is 8.55. The van der Waals surface area contributed by atoms with Crippen molar-refractivity contribution in [2.45, 2.75) is 39.2 Å². The Hall–Kier alpha value is -3.25. The molecule has 174 valence electrons. The average Bonchev–Trinajstić information content (AvgIpc) is 2.76. The number of aliphatic carboxylic acids is 1. The topological polar surface area (TPSA) is 65.0 Å². The van der Waals surface area contributed by atoms with Gasteiger partial charge in [0.1, 0.15) is 5.75 Å². The lowest BCUT2D eigenvalue weighted by molar-refractivity contribution is -0.136. The number of carboxylic acids is 1. The summed E-state index contributed by atoms with van der Waals surface area (Å²) < 4.78 is 31.5. The molecule has 0 heterocycles. The second-order valence-corrected chi connectivity index (χ2v) is 8.11. The summed E-state index contributed by atoms with van der Waals surface area (Å²) in [6.45, 7) is 4.27. The van der Waals surface area contributed by atoms with E-state index in [1.54, 1.807) is 30.3 Å². The SMILES string of the molecule is Cc1cc(OCC[C@@H](C)Oc2ccc(Cl)cc2Oc2ccccc2F)ccc1CCC(=O)O. The van der Waals surface area contributed by atoms with Crippen LogP contribution >= 0.6 is 11.6 Å². The third-order valence-electron chi connectivity index (χ3n) is 5.01. The van der Waals surface area contributed by atoms with Gasteiger partial charge >= 0.3 is 5.97 Å². The Morgan fingerprint density at radius 2 is 1.85 bits per heavy atom. The van der Waals surface area contributed by atoms with Gasteiger partial charge in [-0.1, -0.05) is 29.8 Å². The van der Waals surface area contributed by atoms with Crippen LogP contribution in [-0.4, -0.2) is 23.8 Å². The number of carboxylic acid groups (broad SMARTS) is 1. The van der Waals surface area contributed by atoms with Crippen molar-refractivity contribution in [3.63, 3.8) is 0 Å². The summed E-state index contributed by atoms with van der Waals surface area (Å²) in [6.07, 6.45) is 0.986. The first kappa shape index (κ1) is 24.4. The number of para-hydroxylation sites is 1. The van der Waals surface area contributed by atoms with Crippen molar-refractivity contribution in [2.75, 3.05) is 6.61 Å². The maximum atomic E-state index is 14.0. The monoisotopic (exact) mass is 472 g/mol. The predicted octanol–water partition coefficient (Wildman–Crippen LogP) is 6.83. The fourth-order valence-corrected chi connectivity index (χ4v) is 3.37. The van der Waals surface area contributed by atoms with Crippen LogP contribution in [0, 0.1) is 12.7 Å². The summed E-state index contributed by atoms with van der Waals surface area (Å²) in [5.41, 5.74) is 1.99. The van der Waals surface area contributed by atoms with E-state index in [4.69, 9.17) is 30.9 Å². The minimum absolute atomic E-state index is 0.0859. The molecule has 0 bridgehead atoms. The van der Waals surface area contributed by atoms with Gasteiger partial charge in [0.2, 0.25) is 0 Å². The van der Waals surface area contributed by atoms with Crippen LogP contribution in [0.1, 0.15) is 30.9 Å². The van der Waals surface area contributed by atoms with Crippen molar-refractivity contribution in [3.8, 4) is 23.0 Å². The lowest BCUT2D eigenvalue weighted by atomic mass is 10.0. The van der Waals surface area contributed by atoms with E-state index < -0.39 is 11.8 Å². The Bertz CT molecular complexity index is 1100. The highest BCUT2D eigenvalue weighted by molar-refractivity contribution is 6.30. The van der Waals surface area contributed by atoms with Crippen LogP contribution < -0.4 is 14.2 Å². The molecule has 0 unspecified atom stereocenters. The van der Waals surface area contributed by atoms with E-state index in [0.29, 0.717) is 41.7 Å². The first-order valence-corrected chi connectivity index (χ1v) is 11.0. The molecule has 3 aromatic rings. The summed E-state index contributed by atoms with van der Waals surface area (Å²) in [5, 5.41) is 9.29. The van der Waals surface area contributed by atoms with Gasteiger partial charge in [-0.3, -0.25) is 4.79 Å². The molecule has 3 rings (SSSR count). The highest BCUT2D eigenvalue weighted by Crippen LogP contribution is 2.35. The Balaban J connectivity index is 1.56. The molecule has 0 aliphatic heterocycles. The second-order valence-electron chi connectivity index (χ2n) is 7.67. The Labute approximate surface area is 197 Å². The number of hydrogen-bond donors (Lipinski definition) is 1. The van der Waals surface area contributed by atoms with Gasteiger partial charge in [0, 0.05) is 23.9 Å². The Morgan fingerprint density at radius 1 is 1.06 bits per heavy atom. The number of ether oxygens (including phenoxy) is 3. The van der Waals surface area contributed by atoms with E-state index >= 15 is 0 Å². The molecule has 0 spiro atoms. The van der Waals surface area contributed by atoms with Gasteiger partial charge < -0.3 is 19.3 Å². The summed E-state index contributed by atoms with van der Waals surface area (Å²) in [6, 6.07) is 16.7. The van der Waals surface area contributed by atoms with Crippen LogP contribution in [0.15, 0.2) is 60.7 Å². The molecule has 0 aliphatic carbocycles. The van der Waals surface area contributed by atoms with Gasteiger partial charge in [-0.25, -0.2) is 4.39 Å². The number of aryl methyl sites for hydroxylation is 2. The van der Waals surface area contributed by atoms with Crippen LogP contribution in [0.5, 0.6) is 23.0 Å². The fraction of sp³-hybridized carbons (Fsp3) is 0.269. The van der Waals surface area contributed by atoms with Crippen LogP contribution in [0.2, 0.25) is 5.02 Å². The van der Waals surface area contributed by atoms with Crippen LogP contribution in [0.3, 0.4) is 0 Å². The van der Waals surface area contributed by atoms with Crippen molar-refractivity contribution >= 4 is 17.6 Å². The summed E-state index contributed by atoms with van der Waals surface area (Å²) in [7, 11) is 0. The smallest absolute Gasteiger partial charge is 0.303 e. The molecular formula is C26H26ClFO5. The largest absolute Gasteiger partial charge is 0.493 e. The second kappa shape index (κ2) is 11.6. The molecule has 0 aliphatic rings. The van der Waals surface area contributed by atoms with E-state index in [9.17, 15) is 9.18 Å². The zero-order chi connectivity index (χ0) is 23.8. The summed E-state index contributed by atoms with van der Waals surface area (Å²) in [5.74, 6) is 0.291. The number of benzene rings is 3. The molecule has 5 nitrogen and oxygen atoms in total. The zero-order valence-electron chi connectivity index (χ0n) is 18.5. The number of carbonyl (C=O) groups is 1. The summed E-state index contributed by atoms with van der Waals surface area (Å²) in [4.78, 5) is 10.8. The van der Waals surface area contributed by atoms with E-state index in [2.05, 4.69) is 0 Å². The molecule has 0 amide bonds. The quantitative estimate of drug-likeness (QED) is 0.331. The molecule has 0 saturated carbocycles. The Morgan fingerprint density at radius 3 is 2.58 bits per heavy atom. The third kappa shape index (κ3) is 7.39. The van der Waals surface area contributed by atoms with Crippen LogP contribution in [-0.2, 0) is 11.2 Å². The number of halogens is 2. The van der Waals surface area contributed by atoms with Gasteiger partial charge in [0.25, 0.3) is 0 Å². The lowest BCUT2D eigenvalue weighted by Gasteiger charge is -2.18. The fourth-order valence-electron chi connectivity index (χ4n) is 3.20. The molecule has 0 fully saturated rings. The minimum Gasteiger partial charge on any atom is -0.493 e. The molecule has 33 heavy (non-hydrogen) atoms. The van der Waals surface area contributed by atoms with Crippen LogP contribution in [0.25, 0.3) is 0 Å². The maximum Gasteiger partial charge on any atom is 0.303 e. The molecule has 0 radical (unpaired) electrons. The maximum absolute atomic E-state index is 14.0. The third-order valence-corrected chi connectivity index (χ3v) is 5.24. The van der Waals surface area contributed by atoms with Crippen molar-refractivity contribution in [1.29, 1.82) is 0 Å². The highest BCUT2D eigenvalue weighted by Gasteiger charge is 2.14. The average molecular weight is 473 g/mol.